The normalized spacial score (nSPS) is 10.6. The standard InChI is InChI=1S/C13H19NO5/c1-5-18-12(15)8-14(3)7-10-6-11(9(2)19-10)13(16)17-4/h6H,5,7-8H2,1-4H3. The molecule has 0 fully saturated rings. The third kappa shape index (κ3) is 4.40. The maximum absolute atomic E-state index is 11.4. The van der Waals surface area contributed by atoms with Gasteiger partial charge in [-0.05, 0) is 27.0 Å². The number of rotatable bonds is 6. The van der Waals surface area contributed by atoms with Gasteiger partial charge in [-0.15, -0.1) is 0 Å². The molecule has 1 aromatic heterocycles. The van der Waals surface area contributed by atoms with E-state index >= 15 is 0 Å². The second-order valence-electron chi connectivity index (χ2n) is 4.15. The van der Waals surface area contributed by atoms with Crippen LogP contribution in [0.25, 0.3) is 0 Å². The Hall–Kier alpha value is -1.82. The highest BCUT2D eigenvalue weighted by molar-refractivity contribution is 5.90. The molecule has 0 atom stereocenters. The summed E-state index contributed by atoms with van der Waals surface area (Å²) in [5, 5.41) is 0. The van der Waals surface area contributed by atoms with Crippen molar-refractivity contribution in [1.82, 2.24) is 4.90 Å². The Kier molecular flexibility index (Phi) is 5.57. The Bertz CT molecular complexity index is 452. The summed E-state index contributed by atoms with van der Waals surface area (Å²) in [6, 6.07) is 1.63. The van der Waals surface area contributed by atoms with Gasteiger partial charge in [-0.2, -0.15) is 0 Å². The predicted molar refractivity (Wildman–Crippen MR) is 67.8 cm³/mol. The Balaban J connectivity index is 2.62. The van der Waals surface area contributed by atoms with Gasteiger partial charge in [0, 0.05) is 0 Å². The van der Waals surface area contributed by atoms with Crippen LogP contribution < -0.4 is 0 Å². The molecule has 0 aliphatic carbocycles. The van der Waals surface area contributed by atoms with Gasteiger partial charge in [0.1, 0.15) is 17.1 Å². The summed E-state index contributed by atoms with van der Waals surface area (Å²) in [6.07, 6.45) is 0. The molecule has 1 rings (SSSR count). The molecule has 19 heavy (non-hydrogen) atoms. The maximum Gasteiger partial charge on any atom is 0.341 e. The molecule has 106 valence electrons. The third-order valence-corrected chi connectivity index (χ3v) is 2.50. The van der Waals surface area contributed by atoms with E-state index in [1.54, 1.807) is 31.9 Å². The summed E-state index contributed by atoms with van der Waals surface area (Å²) in [7, 11) is 3.09. The van der Waals surface area contributed by atoms with Gasteiger partial charge >= 0.3 is 11.9 Å². The summed E-state index contributed by atoms with van der Waals surface area (Å²) in [4.78, 5) is 24.5. The van der Waals surface area contributed by atoms with Crippen LogP contribution in [0.3, 0.4) is 0 Å². The molecular weight excluding hydrogens is 250 g/mol. The van der Waals surface area contributed by atoms with Crippen LogP contribution in [0.5, 0.6) is 0 Å². The van der Waals surface area contributed by atoms with Crippen molar-refractivity contribution in [2.24, 2.45) is 0 Å². The van der Waals surface area contributed by atoms with E-state index in [0.717, 1.165) is 0 Å². The van der Waals surface area contributed by atoms with Crippen LogP contribution in [-0.2, 0) is 20.8 Å². The quantitative estimate of drug-likeness (QED) is 0.726. The van der Waals surface area contributed by atoms with E-state index in [-0.39, 0.29) is 12.5 Å². The number of furan rings is 1. The van der Waals surface area contributed by atoms with E-state index in [1.807, 2.05) is 0 Å². The fourth-order valence-electron chi connectivity index (χ4n) is 1.68. The Morgan fingerprint density at radius 3 is 2.68 bits per heavy atom. The minimum atomic E-state index is -0.430. The van der Waals surface area contributed by atoms with Crippen LogP contribution in [0.2, 0.25) is 0 Å². The van der Waals surface area contributed by atoms with Crippen molar-refractivity contribution in [3.8, 4) is 0 Å². The molecule has 0 N–H and O–H groups in total. The molecule has 0 saturated carbocycles. The largest absolute Gasteiger partial charge is 0.465 e. The lowest BCUT2D eigenvalue weighted by atomic mass is 10.2. The summed E-state index contributed by atoms with van der Waals surface area (Å²) in [6.45, 7) is 4.40. The number of methoxy groups -OCH3 is 1. The highest BCUT2D eigenvalue weighted by atomic mass is 16.5. The number of carbonyl (C=O) groups is 2. The van der Waals surface area contributed by atoms with Crippen LogP contribution in [0.1, 0.15) is 28.8 Å². The molecule has 0 amide bonds. The van der Waals surface area contributed by atoms with Crippen LogP contribution in [0, 0.1) is 6.92 Å². The van der Waals surface area contributed by atoms with E-state index in [4.69, 9.17) is 9.15 Å². The monoisotopic (exact) mass is 269 g/mol. The van der Waals surface area contributed by atoms with Crippen LogP contribution in [0.4, 0.5) is 0 Å². The highest BCUT2D eigenvalue weighted by Gasteiger charge is 2.17. The number of ether oxygens (including phenoxy) is 2. The molecular formula is C13H19NO5. The Morgan fingerprint density at radius 1 is 1.42 bits per heavy atom. The zero-order valence-corrected chi connectivity index (χ0v) is 11.7. The second-order valence-corrected chi connectivity index (χ2v) is 4.15. The van der Waals surface area contributed by atoms with E-state index in [2.05, 4.69) is 4.74 Å². The topological polar surface area (TPSA) is 69.0 Å². The fourth-order valence-corrected chi connectivity index (χ4v) is 1.68. The first-order valence-electron chi connectivity index (χ1n) is 5.99. The number of hydrogen-bond acceptors (Lipinski definition) is 6. The molecule has 0 unspecified atom stereocenters. The number of hydrogen-bond donors (Lipinski definition) is 0. The highest BCUT2D eigenvalue weighted by Crippen LogP contribution is 2.16. The predicted octanol–water partition coefficient (Wildman–Crippen LogP) is 1.37. The molecule has 0 aliphatic heterocycles. The van der Waals surface area contributed by atoms with Crippen molar-refractivity contribution in [3.05, 3.63) is 23.2 Å². The number of esters is 2. The zero-order valence-electron chi connectivity index (χ0n) is 11.7. The molecule has 0 aliphatic rings. The fraction of sp³-hybridized carbons (Fsp3) is 0.538. The van der Waals surface area contributed by atoms with Gasteiger partial charge < -0.3 is 13.9 Å². The van der Waals surface area contributed by atoms with Gasteiger partial charge in [-0.3, -0.25) is 9.69 Å². The van der Waals surface area contributed by atoms with Gasteiger partial charge in [0.2, 0.25) is 0 Å². The summed E-state index contributed by atoms with van der Waals surface area (Å²) < 4.78 is 14.9. The lowest BCUT2D eigenvalue weighted by molar-refractivity contribution is -0.144. The first kappa shape index (κ1) is 15.2. The van der Waals surface area contributed by atoms with Crippen molar-refractivity contribution in [2.45, 2.75) is 20.4 Å². The molecule has 0 bridgehead atoms. The SMILES string of the molecule is CCOC(=O)CN(C)Cc1cc(C(=O)OC)c(C)o1. The Labute approximate surface area is 112 Å². The minimum absolute atomic E-state index is 0.168. The van der Waals surface area contributed by atoms with Crippen molar-refractivity contribution in [1.29, 1.82) is 0 Å². The van der Waals surface area contributed by atoms with Gasteiger partial charge in [0.25, 0.3) is 0 Å². The first-order valence-corrected chi connectivity index (χ1v) is 5.99. The van der Waals surface area contributed by atoms with Gasteiger partial charge in [-0.25, -0.2) is 4.79 Å². The third-order valence-electron chi connectivity index (χ3n) is 2.50. The van der Waals surface area contributed by atoms with Crippen molar-refractivity contribution >= 4 is 11.9 Å². The molecule has 6 heteroatoms. The molecule has 0 radical (unpaired) electrons. The second kappa shape index (κ2) is 6.94. The maximum atomic E-state index is 11.4. The average Bonchev–Trinajstić information content (AvgIpc) is 2.69. The Morgan fingerprint density at radius 2 is 2.11 bits per heavy atom. The van der Waals surface area contributed by atoms with Gasteiger partial charge in [0.15, 0.2) is 0 Å². The summed E-state index contributed by atoms with van der Waals surface area (Å²) in [5.74, 6) is 0.387. The average molecular weight is 269 g/mol. The van der Waals surface area contributed by atoms with E-state index < -0.39 is 5.97 Å². The van der Waals surface area contributed by atoms with E-state index in [9.17, 15) is 9.59 Å². The van der Waals surface area contributed by atoms with Crippen LogP contribution in [-0.4, -0.2) is 44.1 Å². The van der Waals surface area contributed by atoms with Crippen molar-refractivity contribution < 1.29 is 23.5 Å². The molecule has 1 heterocycles. The number of likely N-dealkylation sites (N-methyl/N-ethyl adjacent to an activating group) is 1. The molecule has 0 spiro atoms. The van der Waals surface area contributed by atoms with Crippen molar-refractivity contribution in [3.63, 3.8) is 0 Å². The molecule has 0 aromatic carbocycles. The molecule has 6 nitrogen and oxygen atoms in total. The number of aryl methyl sites for hydroxylation is 1. The van der Waals surface area contributed by atoms with Crippen LogP contribution >= 0.6 is 0 Å². The summed E-state index contributed by atoms with van der Waals surface area (Å²) in [5.41, 5.74) is 0.405. The van der Waals surface area contributed by atoms with E-state index in [1.165, 1.54) is 7.11 Å². The zero-order chi connectivity index (χ0) is 14.4. The van der Waals surface area contributed by atoms with E-state index in [0.29, 0.717) is 30.2 Å². The number of nitrogens with zero attached hydrogens (tertiary/aromatic N) is 1. The van der Waals surface area contributed by atoms with Gasteiger partial charge in [0.05, 0.1) is 26.8 Å². The first-order chi connectivity index (χ1) is 8.97. The van der Waals surface area contributed by atoms with Gasteiger partial charge in [-0.1, -0.05) is 0 Å². The number of carbonyl (C=O) groups excluding carboxylic acids is 2. The lowest BCUT2D eigenvalue weighted by Gasteiger charge is -2.13. The molecule has 1 aromatic rings. The summed E-state index contributed by atoms with van der Waals surface area (Å²) >= 11 is 0. The lowest BCUT2D eigenvalue weighted by Crippen LogP contribution is -2.26. The smallest absolute Gasteiger partial charge is 0.341 e. The van der Waals surface area contributed by atoms with Crippen LogP contribution in [0.15, 0.2) is 10.5 Å². The molecule has 0 saturated heterocycles. The van der Waals surface area contributed by atoms with Crippen molar-refractivity contribution in [2.75, 3.05) is 27.3 Å². The minimum Gasteiger partial charge on any atom is -0.465 e.